The number of nitrogens with zero attached hydrogens (tertiary/aromatic N) is 4. The molecule has 1 N–H and O–H groups in total. The lowest BCUT2D eigenvalue weighted by molar-refractivity contribution is -0.137. The highest BCUT2D eigenvalue weighted by atomic mass is 19.4. The van der Waals surface area contributed by atoms with Crippen molar-refractivity contribution in [2.45, 2.75) is 76.2 Å². The largest absolute Gasteiger partial charge is 0.416 e. The number of carbonyl (C=O) groups is 3. The van der Waals surface area contributed by atoms with Crippen molar-refractivity contribution in [3.63, 3.8) is 0 Å². The van der Waals surface area contributed by atoms with Gasteiger partial charge in [-0.15, -0.1) is 6.42 Å². The summed E-state index contributed by atoms with van der Waals surface area (Å²) >= 11 is 0. The molecular formula is C31H36F3N5O4. The molecule has 1 aromatic heterocycles. The zero-order chi connectivity index (χ0) is 31.1. The quantitative estimate of drug-likeness (QED) is 0.477. The van der Waals surface area contributed by atoms with Crippen LogP contribution in [0.15, 0.2) is 24.3 Å². The summed E-state index contributed by atoms with van der Waals surface area (Å²) in [6, 6.07) is 2.38. The number of hydrogen-bond donors (Lipinski definition) is 1. The molecule has 0 bridgehead atoms. The fourth-order valence-electron chi connectivity index (χ4n) is 6.23. The number of aromatic nitrogens is 2. The topological polar surface area (TPSA) is 96.8 Å². The number of nitrogens with one attached hydrogen (secondary N) is 1. The molecular weight excluding hydrogens is 563 g/mol. The van der Waals surface area contributed by atoms with Gasteiger partial charge in [-0.1, -0.05) is 18.4 Å². The van der Waals surface area contributed by atoms with Crippen LogP contribution in [0.5, 0.6) is 0 Å². The number of hydrogen-bond acceptors (Lipinski definition) is 5. The van der Waals surface area contributed by atoms with Crippen LogP contribution in [0, 0.1) is 18.3 Å². The molecule has 1 aliphatic carbocycles. The number of carbonyl (C=O) groups excluding carboxylic acids is 3. The van der Waals surface area contributed by atoms with Crippen LogP contribution in [0.2, 0.25) is 0 Å². The summed E-state index contributed by atoms with van der Waals surface area (Å²) in [6.07, 6.45) is 4.75. The normalized spacial score (nSPS) is 21.9. The molecule has 1 aromatic carbocycles. The van der Waals surface area contributed by atoms with Gasteiger partial charge in [-0.25, -0.2) is 4.68 Å². The molecule has 3 aliphatic rings. The highest BCUT2D eigenvalue weighted by Crippen LogP contribution is 2.50. The highest BCUT2D eigenvalue weighted by molar-refractivity contribution is 6.07. The molecule has 1 unspecified atom stereocenters. The van der Waals surface area contributed by atoms with E-state index in [1.54, 1.807) is 25.6 Å². The van der Waals surface area contributed by atoms with Gasteiger partial charge in [0.1, 0.15) is 11.9 Å². The Morgan fingerprint density at radius 3 is 2.51 bits per heavy atom. The molecule has 230 valence electrons. The zero-order valence-corrected chi connectivity index (χ0v) is 24.5. The summed E-state index contributed by atoms with van der Waals surface area (Å²) in [5.41, 5.74) is -0.416. The number of terminal acetylenes is 1. The summed E-state index contributed by atoms with van der Waals surface area (Å²) in [5, 5.41) is 7.63. The van der Waals surface area contributed by atoms with Crippen LogP contribution in [0.1, 0.15) is 89.9 Å². The van der Waals surface area contributed by atoms with Gasteiger partial charge in [0, 0.05) is 43.9 Å². The third-order valence-corrected chi connectivity index (χ3v) is 9.00. The second kappa shape index (κ2) is 12.0. The summed E-state index contributed by atoms with van der Waals surface area (Å²) in [7, 11) is 1.60. The molecule has 3 atom stereocenters. The van der Waals surface area contributed by atoms with Crippen molar-refractivity contribution in [3.8, 4) is 12.3 Å². The smallest absolute Gasteiger partial charge is 0.381 e. The van der Waals surface area contributed by atoms with E-state index in [1.807, 2.05) is 0 Å². The number of halogens is 3. The van der Waals surface area contributed by atoms with E-state index in [0.717, 1.165) is 37.5 Å². The summed E-state index contributed by atoms with van der Waals surface area (Å²) in [4.78, 5) is 44.6. The van der Waals surface area contributed by atoms with E-state index in [9.17, 15) is 27.6 Å². The average molecular weight is 600 g/mol. The van der Waals surface area contributed by atoms with Crippen LogP contribution in [0.4, 0.5) is 19.0 Å². The van der Waals surface area contributed by atoms with Crippen molar-refractivity contribution >= 4 is 23.5 Å². The van der Waals surface area contributed by atoms with Gasteiger partial charge in [-0.05, 0) is 63.6 Å². The number of ether oxygens (including phenoxy) is 1. The van der Waals surface area contributed by atoms with Crippen molar-refractivity contribution in [2.24, 2.45) is 5.92 Å². The number of rotatable bonds is 7. The lowest BCUT2D eigenvalue weighted by Crippen LogP contribution is -2.57. The van der Waals surface area contributed by atoms with E-state index in [2.05, 4.69) is 11.2 Å². The molecule has 2 aromatic rings. The molecule has 43 heavy (non-hydrogen) atoms. The number of anilines is 1. The van der Waals surface area contributed by atoms with Crippen molar-refractivity contribution in [3.05, 3.63) is 46.6 Å². The summed E-state index contributed by atoms with van der Waals surface area (Å²) in [6.45, 7) is 4.78. The van der Waals surface area contributed by atoms with Crippen LogP contribution in [-0.2, 0) is 15.7 Å². The first kappa shape index (κ1) is 30.6. The van der Waals surface area contributed by atoms with Crippen molar-refractivity contribution < 1.29 is 32.3 Å². The molecule has 5 rings (SSSR count). The second-order valence-corrected chi connectivity index (χ2v) is 11.5. The molecule has 3 heterocycles. The SMILES string of the molecule is C#CC(C)N(C)C(=O)c1nn(C2CCOCC2)c2c1[C@H](C1CCC1)[C@H](NC(=O)c1cccc(C(F)(F)F)c1)C(=O)N2CC. The maximum Gasteiger partial charge on any atom is 0.416 e. The Labute approximate surface area is 248 Å². The van der Waals surface area contributed by atoms with Crippen molar-refractivity contribution in [1.29, 1.82) is 0 Å². The molecule has 2 fully saturated rings. The lowest BCUT2D eigenvalue weighted by atomic mass is 9.68. The van der Waals surface area contributed by atoms with Gasteiger partial charge in [0.2, 0.25) is 0 Å². The van der Waals surface area contributed by atoms with Crippen LogP contribution in [0.25, 0.3) is 0 Å². The van der Waals surface area contributed by atoms with Gasteiger partial charge >= 0.3 is 6.18 Å². The van der Waals surface area contributed by atoms with E-state index >= 15 is 0 Å². The number of alkyl halides is 3. The first-order chi connectivity index (χ1) is 20.5. The molecule has 0 radical (unpaired) electrons. The maximum absolute atomic E-state index is 14.2. The predicted octanol–water partition coefficient (Wildman–Crippen LogP) is 4.40. The molecule has 3 amide bonds. The molecule has 1 saturated heterocycles. The Hall–Kier alpha value is -3.85. The van der Waals surface area contributed by atoms with E-state index in [4.69, 9.17) is 16.3 Å². The Balaban J connectivity index is 1.64. The Morgan fingerprint density at radius 2 is 1.93 bits per heavy atom. The molecule has 9 nitrogen and oxygen atoms in total. The van der Waals surface area contributed by atoms with Crippen LogP contribution >= 0.6 is 0 Å². The average Bonchev–Trinajstić information content (AvgIpc) is 3.37. The van der Waals surface area contributed by atoms with E-state index in [0.29, 0.717) is 37.4 Å². The van der Waals surface area contributed by atoms with Gasteiger partial charge in [-0.2, -0.15) is 18.3 Å². The van der Waals surface area contributed by atoms with Crippen LogP contribution < -0.4 is 10.2 Å². The minimum absolute atomic E-state index is 0.0391. The molecule has 2 aliphatic heterocycles. The number of benzene rings is 1. The second-order valence-electron chi connectivity index (χ2n) is 11.5. The van der Waals surface area contributed by atoms with Gasteiger partial charge < -0.3 is 15.0 Å². The molecule has 1 saturated carbocycles. The molecule has 0 spiro atoms. The maximum atomic E-state index is 14.2. The molecule has 12 heteroatoms. The fourth-order valence-corrected chi connectivity index (χ4v) is 6.23. The van der Waals surface area contributed by atoms with Crippen LogP contribution in [0.3, 0.4) is 0 Å². The predicted molar refractivity (Wildman–Crippen MR) is 153 cm³/mol. The van der Waals surface area contributed by atoms with Gasteiger partial charge in [-0.3, -0.25) is 19.3 Å². The summed E-state index contributed by atoms with van der Waals surface area (Å²) in [5.74, 6) is 0.885. The number of likely N-dealkylation sites (N-methyl/N-ethyl adjacent to an activating group) is 1. The monoisotopic (exact) mass is 599 g/mol. The Kier molecular flexibility index (Phi) is 8.56. The minimum atomic E-state index is -4.63. The standard InChI is InChI=1S/C31H36F3N5O4/c1-5-18(3)37(4)29(41)26-24-23(19-9-7-10-19)25(35-27(40)20-11-8-12-21(17-20)31(32,33)34)30(42)38(6-2)28(24)39(36-26)22-13-15-43-16-14-22/h1,8,11-12,17-19,22-23,25H,6-7,9-10,13-16H2,2-4H3,(H,35,40)/t18?,23-,25-/m0/s1. The van der Waals surface area contributed by atoms with E-state index < -0.39 is 41.6 Å². The number of fused-ring (bicyclic) bond motifs is 1. The lowest BCUT2D eigenvalue weighted by Gasteiger charge is -2.44. The first-order valence-corrected chi connectivity index (χ1v) is 14.7. The Morgan fingerprint density at radius 1 is 1.23 bits per heavy atom. The first-order valence-electron chi connectivity index (χ1n) is 14.7. The zero-order valence-electron chi connectivity index (χ0n) is 24.5. The van der Waals surface area contributed by atoms with E-state index in [-0.39, 0.29) is 35.7 Å². The fraction of sp³-hybridized carbons (Fsp3) is 0.548. The van der Waals surface area contributed by atoms with Crippen LogP contribution in [-0.4, -0.2) is 71.3 Å². The third-order valence-electron chi connectivity index (χ3n) is 9.00. The van der Waals surface area contributed by atoms with Gasteiger partial charge in [0.15, 0.2) is 5.69 Å². The van der Waals surface area contributed by atoms with E-state index in [1.165, 1.54) is 15.9 Å². The van der Waals surface area contributed by atoms with Gasteiger partial charge in [0.25, 0.3) is 17.7 Å². The minimum Gasteiger partial charge on any atom is -0.381 e. The van der Waals surface area contributed by atoms with Crippen molar-refractivity contribution in [1.82, 2.24) is 20.0 Å². The highest BCUT2D eigenvalue weighted by Gasteiger charge is 2.51. The Bertz CT molecular complexity index is 1440. The number of amides is 3. The van der Waals surface area contributed by atoms with Gasteiger partial charge in [0.05, 0.1) is 17.6 Å². The van der Waals surface area contributed by atoms with Crippen molar-refractivity contribution in [2.75, 3.05) is 31.7 Å². The summed E-state index contributed by atoms with van der Waals surface area (Å²) < 4.78 is 47.5. The third kappa shape index (κ3) is 5.62.